The second kappa shape index (κ2) is 13.9. The Morgan fingerprint density at radius 1 is 1.12 bits per heavy atom. The number of esters is 1. The molecule has 3 aromatic rings. The number of carbonyl (C=O) groups excluding carboxylic acids is 2. The Morgan fingerprint density at radius 3 is 2.50 bits per heavy atom. The predicted molar refractivity (Wildman–Crippen MR) is 156 cm³/mol. The zero-order chi connectivity index (χ0) is 29.3. The number of nitrogens with zero attached hydrogens (tertiary/aromatic N) is 3. The van der Waals surface area contributed by atoms with E-state index in [9.17, 15) is 14.7 Å². The maximum Gasteiger partial charge on any atom is 0.320 e. The molecule has 10 heteroatoms. The molecule has 214 valence electrons. The first kappa shape index (κ1) is 30.5. The quantitative estimate of drug-likeness (QED) is 0.224. The molecule has 0 saturated heterocycles. The SMILES string of the molecule is COc1cc2ncnc(N[C@H](C)c3ccccc3)c2cc1NC(=O)/C=C/CN(CC(=O)OC(C)(C)C)C[C@H](C)O. The number of aliphatic hydroxyl groups excluding tert-OH is 1. The van der Waals surface area contributed by atoms with Crippen molar-refractivity contribution in [1.82, 2.24) is 14.9 Å². The number of hydrogen-bond donors (Lipinski definition) is 3. The van der Waals surface area contributed by atoms with Gasteiger partial charge in [-0.15, -0.1) is 0 Å². The molecule has 0 aliphatic carbocycles. The summed E-state index contributed by atoms with van der Waals surface area (Å²) in [5.74, 6) is 0.303. The number of aromatic nitrogens is 2. The number of hydrogen-bond acceptors (Lipinski definition) is 9. The molecule has 0 fully saturated rings. The van der Waals surface area contributed by atoms with Crippen LogP contribution in [0.5, 0.6) is 5.75 Å². The van der Waals surface area contributed by atoms with E-state index in [0.29, 0.717) is 22.8 Å². The van der Waals surface area contributed by atoms with E-state index < -0.39 is 17.7 Å². The smallest absolute Gasteiger partial charge is 0.320 e. The van der Waals surface area contributed by atoms with Crippen LogP contribution in [0.3, 0.4) is 0 Å². The van der Waals surface area contributed by atoms with E-state index in [1.54, 1.807) is 50.8 Å². The monoisotopic (exact) mass is 549 g/mol. The van der Waals surface area contributed by atoms with Crippen LogP contribution in [-0.2, 0) is 14.3 Å². The van der Waals surface area contributed by atoms with Crippen molar-refractivity contribution >= 4 is 34.3 Å². The number of benzene rings is 2. The van der Waals surface area contributed by atoms with Gasteiger partial charge in [0, 0.05) is 36.7 Å². The highest BCUT2D eigenvalue weighted by Crippen LogP contribution is 2.33. The molecule has 1 aromatic heterocycles. The highest BCUT2D eigenvalue weighted by Gasteiger charge is 2.19. The maximum absolute atomic E-state index is 12.8. The molecule has 0 spiro atoms. The normalized spacial score (nSPS) is 13.3. The maximum atomic E-state index is 12.8. The number of ether oxygens (including phenoxy) is 2. The van der Waals surface area contributed by atoms with E-state index in [1.807, 2.05) is 37.3 Å². The van der Waals surface area contributed by atoms with Crippen LogP contribution in [0, 0.1) is 0 Å². The van der Waals surface area contributed by atoms with Crippen LogP contribution in [0.1, 0.15) is 46.2 Å². The highest BCUT2D eigenvalue weighted by molar-refractivity contribution is 6.03. The summed E-state index contributed by atoms with van der Waals surface area (Å²) in [7, 11) is 1.52. The minimum Gasteiger partial charge on any atom is -0.494 e. The van der Waals surface area contributed by atoms with Gasteiger partial charge in [-0.25, -0.2) is 9.97 Å². The van der Waals surface area contributed by atoms with Crippen molar-refractivity contribution in [3.8, 4) is 5.75 Å². The van der Waals surface area contributed by atoms with Gasteiger partial charge in [0.05, 0.1) is 31.0 Å². The molecule has 0 radical (unpaired) electrons. The molecule has 2 aromatic carbocycles. The lowest BCUT2D eigenvalue weighted by atomic mass is 10.1. The Morgan fingerprint density at radius 2 is 1.85 bits per heavy atom. The minimum atomic E-state index is -0.652. The van der Waals surface area contributed by atoms with Gasteiger partial charge >= 0.3 is 5.97 Å². The zero-order valence-electron chi connectivity index (χ0n) is 24.0. The van der Waals surface area contributed by atoms with Crippen molar-refractivity contribution in [2.45, 2.75) is 52.4 Å². The molecule has 1 heterocycles. The summed E-state index contributed by atoms with van der Waals surface area (Å²) in [5, 5.41) is 16.8. The number of fused-ring (bicyclic) bond motifs is 1. The van der Waals surface area contributed by atoms with Gasteiger partial charge in [-0.05, 0) is 46.2 Å². The standard InChI is InChI=1S/C30H39N5O5/c1-20(36)17-35(18-28(38)40-30(3,4)5)14-10-13-27(37)34-25-15-23-24(16-26(25)39-6)31-19-32-29(23)33-21(2)22-11-8-7-9-12-22/h7-13,15-16,19-21,36H,14,17-18H2,1-6H3,(H,34,37)(H,31,32,33)/b13-10+/t20-,21+/m0/s1. The number of amides is 1. The van der Waals surface area contributed by atoms with Crippen LogP contribution in [-0.4, -0.2) is 70.3 Å². The van der Waals surface area contributed by atoms with Gasteiger partial charge in [0.2, 0.25) is 5.91 Å². The predicted octanol–water partition coefficient (Wildman–Crippen LogP) is 4.33. The van der Waals surface area contributed by atoms with Gasteiger partial charge in [-0.2, -0.15) is 0 Å². The van der Waals surface area contributed by atoms with Gasteiger partial charge in [0.25, 0.3) is 0 Å². The fourth-order valence-electron chi connectivity index (χ4n) is 4.11. The van der Waals surface area contributed by atoms with Crippen LogP contribution in [0.25, 0.3) is 10.9 Å². The molecule has 0 bridgehead atoms. The Balaban J connectivity index is 1.74. The molecule has 2 atom stereocenters. The summed E-state index contributed by atoms with van der Waals surface area (Å²) >= 11 is 0. The zero-order valence-corrected chi connectivity index (χ0v) is 24.0. The molecule has 0 aliphatic rings. The first-order valence-electron chi connectivity index (χ1n) is 13.2. The molecular formula is C30H39N5O5. The number of rotatable bonds is 12. The molecule has 1 amide bonds. The lowest BCUT2D eigenvalue weighted by Crippen LogP contribution is -2.38. The summed E-state index contributed by atoms with van der Waals surface area (Å²) < 4.78 is 10.9. The molecule has 10 nitrogen and oxygen atoms in total. The number of nitrogens with one attached hydrogen (secondary N) is 2. The number of anilines is 2. The van der Waals surface area contributed by atoms with Crippen LogP contribution in [0.4, 0.5) is 11.5 Å². The van der Waals surface area contributed by atoms with Gasteiger partial charge in [0.15, 0.2) is 0 Å². The van der Waals surface area contributed by atoms with Crippen molar-refractivity contribution in [2.75, 3.05) is 37.4 Å². The average Bonchev–Trinajstić information content (AvgIpc) is 2.87. The van der Waals surface area contributed by atoms with Crippen LogP contribution in [0.15, 0.2) is 60.9 Å². The molecule has 3 N–H and O–H groups in total. The second-order valence-corrected chi connectivity index (χ2v) is 10.6. The Bertz CT molecular complexity index is 1320. The van der Waals surface area contributed by atoms with Gasteiger partial charge < -0.3 is 25.2 Å². The van der Waals surface area contributed by atoms with E-state index in [-0.39, 0.29) is 31.6 Å². The van der Waals surface area contributed by atoms with E-state index in [0.717, 1.165) is 10.9 Å². The fraction of sp³-hybridized carbons (Fsp3) is 0.400. The average molecular weight is 550 g/mol. The second-order valence-electron chi connectivity index (χ2n) is 10.6. The molecule has 0 saturated carbocycles. The van der Waals surface area contributed by atoms with Gasteiger partial charge in [-0.3, -0.25) is 14.5 Å². The van der Waals surface area contributed by atoms with Crippen molar-refractivity contribution in [3.05, 3.63) is 66.5 Å². The Hall–Kier alpha value is -4.02. The van der Waals surface area contributed by atoms with E-state index in [1.165, 1.54) is 19.5 Å². The molecule has 40 heavy (non-hydrogen) atoms. The number of carbonyl (C=O) groups is 2. The van der Waals surface area contributed by atoms with Crippen molar-refractivity contribution in [3.63, 3.8) is 0 Å². The Kier molecular flexibility index (Phi) is 10.6. The molecule has 3 rings (SSSR count). The van der Waals surface area contributed by atoms with E-state index in [2.05, 4.69) is 20.6 Å². The fourth-order valence-corrected chi connectivity index (χ4v) is 4.11. The summed E-state index contributed by atoms with van der Waals surface area (Å²) in [6, 6.07) is 13.5. The lowest BCUT2D eigenvalue weighted by Gasteiger charge is -2.25. The van der Waals surface area contributed by atoms with Crippen LogP contribution >= 0.6 is 0 Å². The molecule has 0 unspecified atom stereocenters. The third kappa shape index (κ3) is 9.32. The van der Waals surface area contributed by atoms with Crippen molar-refractivity contribution in [2.24, 2.45) is 0 Å². The Labute approximate surface area is 235 Å². The summed E-state index contributed by atoms with van der Waals surface area (Å²) in [5.41, 5.74) is 1.63. The third-order valence-corrected chi connectivity index (χ3v) is 5.80. The van der Waals surface area contributed by atoms with Crippen LogP contribution in [0.2, 0.25) is 0 Å². The number of methoxy groups -OCH3 is 1. The summed E-state index contributed by atoms with van der Waals surface area (Å²) in [6.45, 7) is 9.58. The van der Waals surface area contributed by atoms with E-state index >= 15 is 0 Å². The first-order chi connectivity index (χ1) is 18.9. The topological polar surface area (TPSA) is 126 Å². The largest absolute Gasteiger partial charge is 0.494 e. The molecular weight excluding hydrogens is 510 g/mol. The van der Waals surface area contributed by atoms with Crippen LogP contribution < -0.4 is 15.4 Å². The highest BCUT2D eigenvalue weighted by atomic mass is 16.6. The van der Waals surface area contributed by atoms with Gasteiger partial charge in [-0.1, -0.05) is 36.4 Å². The summed E-state index contributed by atoms with van der Waals surface area (Å²) in [4.78, 5) is 35.6. The molecule has 0 aliphatic heterocycles. The first-order valence-corrected chi connectivity index (χ1v) is 13.2. The minimum absolute atomic E-state index is 0.00681. The van der Waals surface area contributed by atoms with E-state index in [4.69, 9.17) is 9.47 Å². The van der Waals surface area contributed by atoms with Gasteiger partial charge in [0.1, 0.15) is 23.5 Å². The third-order valence-electron chi connectivity index (χ3n) is 5.80. The van der Waals surface area contributed by atoms with Crippen molar-refractivity contribution < 1.29 is 24.2 Å². The number of aliphatic hydroxyl groups is 1. The summed E-state index contributed by atoms with van der Waals surface area (Å²) in [6.07, 6.45) is 3.85. The lowest BCUT2D eigenvalue weighted by molar-refractivity contribution is -0.156. The van der Waals surface area contributed by atoms with Crippen molar-refractivity contribution in [1.29, 1.82) is 0 Å².